The third kappa shape index (κ3) is 2.99. The number of hydrogen-bond donors (Lipinski definition) is 0. The molecule has 1 saturated carbocycles. The van der Waals surface area contributed by atoms with Crippen molar-refractivity contribution in [1.82, 2.24) is 14.8 Å². The van der Waals surface area contributed by atoms with Crippen LogP contribution in [0.2, 0.25) is 0 Å². The zero-order chi connectivity index (χ0) is 15.9. The van der Waals surface area contributed by atoms with Gasteiger partial charge in [0, 0.05) is 24.7 Å². The number of carbonyl (C=O) groups excluding carboxylic acids is 1. The van der Waals surface area contributed by atoms with Gasteiger partial charge in [0.25, 0.3) is 0 Å². The van der Waals surface area contributed by atoms with E-state index in [-0.39, 0.29) is 16.4 Å². The predicted molar refractivity (Wildman–Crippen MR) is 71.5 cm³/mol. The Labute approximate surface area is 127 Å². The fourth-order valence-electron chi connectivity index (χ4n) is 2.12. The topological polar surface area (TPSA) is 57.0 Å². The summed E-state index contributed by atoms with van der Waals surface area (Å²) in [7, 11) is 1.49. The average molecular weight is 331 g/mol. The number of halogens is 3. The molecule has 1 atom stereocenters. The van der Waals surface area contributed by atoms with E-state index in [0.29, 0.717) is 5.69 Å². The normalized spacial score (nSPS) is 16.5. The summed E-state index contributed by atoms with van der Waals surface area (Å²) in [5.74, 6) is -0.827. The van der Waals surface area contributed by atoms with Crippen LogP contribution in [0.5, 0.6) is 0 Å². The lowest BCUT2D eigenvalue weighted by atomic mass is 10.2. The molecule has 9 heteroatoms. The molecule has 0 bridgehead atoms. The maximum atomic E-state index is 13.2. The van der Waals surface area contributed by atoms with Gasteiger partial charge in [-0.3, -0.25) is 4.68 Å². The van der Waals surface area contributed by atoms with E-state index in [4.69, 9.17) is 4.74 Å². The van der Waals surface area contributed by atoms with Crippen molar-refractivity contribution in [3.63, 3.8) is 0 Å². The van der Waals surface area contributed by atoms with Gasteiger partial charge < -0.3 is 4.74 Å². The van der Waals surface area contributed by atoms with Crippen molar-refractivity contribution >= 4 is 17.3 Å². The maximum Gasteiger partial charge on any atom is 0.429 e. The van der Waals surface area contributed by atoms with Gasteiger partial charge in [-0.05, 0) is 12.8 Å². The lowest BCUT2D eigenvalue weighted by Gasteiger charge is -2.19. The molecule has 1 fully saturated rings. The monoisotopic (exact) mass is 331 g/mol. The van der Waals surface area contributed by atoms with Crippen LogP contribution in [0.3, 0.4) is 0 Å². The number of nitrogens with zero attached hydrogens (tertiary/aromatic N) is 3. The first-order valence-electron chi connectivity index (χ1n) is 6.56. The molecule has 1 aliphatic carbocycles. The summed E-state index contributed by atoms with van der Waals surface area (Å²) in [5.41, 5.74) is 1.79. The molecule has 0 radical (unpaired) electrons. The lowest BCUT2D eigenvalue weighted by Crippen LogP contribution is -2.26. The van der Waals surface area contributed by atoms with Crippen LogP contribution in [0.15, 0.2) is 17.9 Å². The maximum absolute atomic E-state index is 13.2. The van der Waals surface area contributed by atoms with Gasteiger partial charge in [-0.1, -0.05) is 0 Å². The number of thiazole rings is 1. The number of aromatic nitrogens is 3. The second-order valence-corrected chi connectivity index (χ2v) is 5.97. The minimum absolute atomic E-state index is 0.153. The standard InChI is InChI=1S/C13H12F3N3O2S/c1-19-5-8(4-18-19)11(13(14,15)16)21-12(20)10-9(7-2-3-7)17-6-22-10/h4-7,11H,2-3H2,1H3/t11-/m0/s1. The Kier molecular flexibility index (Phi) is 3.67. The number of hydrogen-bond acceptors (Lipinski definition) is 5. The fraction of sp³-hybridized carbons (Fsp3) is 0.462. The predicted octanol–water partition coefficient (Wildman–Crippen LogP) is 3.21. The van der Waals surface area contributed by atoms with Crippen LogP contribution in [-0.4, -0.2) is 26.9 Å². The molecule has 0 aliphatic heterocycles. The summed E-state index contributed by atoms with van der Waals surface area (Å²) in [6, 6.07) is 0. The number of ether oxygens (including phenoxy) is 1. The van der Waals surface area contributed by atoms with E-state index in [1.54, 1.807) is 0 Å². The van der Waals surface area contributed by atoms with E-state index in [1.807, 2.05) is 0 Å². The largest absolute Gasteiger partial charge is 0.443 e. The van der Waals surface area contributed by atoms with E-state index < -0.39 is 18.2 Å². The molecule has 3 rings (SSSR count). The smallest absolute Gasteiger partial charge is 0.429 e. The zero-order valence-electron chi connectivity index (χ0n) is 11.5. The molecule has 2 heterocycles. The molecule has 118 valence electrons. The summed E-state index contributed by atoms with van der Waals surface area (Å²) >= 11 is 1.01. The average Bonchev–Trinajstić information content (AvgIpc) is 3.00. The highest BCUT2D eigenvalue weighted by atomic mass is 32.1. The fourth-order valence-corrected chi connectivity index (χ4v) is 2.87. The van der Waals surface area contributed by atoms with Crippen LogP contribution in [0, 0.1) is 0 Å². The SMILES string of the molecule is Cn1cc([C@H](OC(=O)c2scnc2C2CC2)C(F)(F)F)cn1. The van der Waals surface area contributed by atoms with Gasteiger partial charge in [-0.15, -0.1) is 11.3 Å². The molecule has 1 aliphatic rings. The zero-order valence-corrected chi connectivity index (χ0v) is 12.3. The van der Waals surface area contributed by atoms with Crippen LogP contribution in [0.4, 0.5) is 13.2 Å². The molecule has 0 N–H and O–H groups in total. The molecule has 0 unspecified atom stereocenters. The van der Waals surface area contributed by atoms with E-state index in [0.717, 1.165) is 30.4 Å². The van der Waals surface area contributed by atoms with Gasteiger partial charge in [0.15, 0.2) is 0 Å². The molecule has 5 nitrogen and oxygen atoms in total. The molecule has 2 aromatic heterocycles. The molecule has 22 heavy (non-hydrogen) atoms. The van der Waals surface area contributed by atoms with Crippen molar-refractivity contribution in [2.24, 2.45) is 7.05 Å². The van der Waals surface area contributed by atoms with Gasteiger partial charge in [0.05, 0.1) is 17.4 Å². The van der Waals surface area contributed by atoms with Crippen molar-refractivity contribution in [2.75, 3.05) is 0 Å². The van der Waals surface area contributed by atoms with E-state index in [9.17, 15) is 18.0 Å². The molecular formula is C13H12F3N3O2S. The number of alkyl halides is 3. The Morgan fingerprint density at radius 1 is 1.50 bits per heavy atom. The van der Waals surface area contributed by atoms with E-state index >= 15 is 0 Å². The third-order valence-electron chi connectivity index (χ3n) is 3.29. The highest BCUT2D eigenvalue weighted by molar-refractivity contribution is 7.11. The van der Waals surface area contributed by atoms with E-state index in [2.05, 4.69) is 10.1 Å². The first-order valence-corrected chi connectivity index (χ1v) is 7.44. The second-order valence-electron chi connectivity index (χ2n) is 5.12. The quantitative estimate of drug-likeness (QED) is 0.807. The molecular weight excluding hydrogens is 319 g/mol. The summed E-state index contributed by atoms with van der Waals surface area (Å²) in [5, 5.41) is 3.69. The Morgan fingerprint density at radius 3 is 2.77 bits per heavy atom. The summed E-state index contributed by atoms with van der Waals surface area (Å²) in [6.07, 6.45) is -3.02. The number of carbonyl (C=O) groups is 1. The van der Waals surface area contributed by atoms with Gasteiger partial charge >= 0.3 is 12.1 Å². The van der Waals surface area contributed by atoms with Crippen molar-refractivity contribution in [2.45, 2.75) is 31.0 Å². The van der Waals surface area contributed by atoms with Crippen molar-refractivity contribution in [1.29, 1.82) is 0 Å². The first kappa shape index (κ1) is 15.0. The van der Waals surface area contributed by atoms with Crippen molar-refractivity contribution in [3.8, 4) is 0 Å². The second kappa shape index (κ2) is 5.38. The molecule has 0 spiro atoms. The van der Waals surface area contributed by atoms with Crippen LogP contribution < -0.4 is 0 Å². The number of esters is 1. The summed E-state index contributed by atoms with van der Waals surface area (Å²) in [4.78, 5) is 16.3. The van der Waals surface area contributed by atoms with Crippen molar-refractivity contribution in [3.05, 3.63) is 34.0 Å². The number of rotatable bonds is 4. The van der Waals surface area contributed by atoms with Gasteiger partial charge in [0.1, 0.15) is 4.88 Å². The Balaban J connectivity index is 1.84. The Hall–Kier alpha value is -1.90. The molecule has 0 amide bonds. The highest BCUT2D eigenvalue weighted by Gasteiger charge is 2.45. The van der Waals surface area contributed by atoms with Crippen LogP contribution in [-0.2, 0) is 11.8 Å². The summed E-state index contributed by atoms with van der Waals surface area (Å²) < 4.78 is 45.4. The summed E-state index contributed by atoms with van der Waals surface area (Å²) in [6.45, 7) is 0. The minimum atomic E-state index is -4.71. The number of aryl methyl sites for hydroxylation is 1. The minimum Gasteiger partial charge on any atom is -0.443 e. The lowest BCUT2D eigenvalue weighted by molar-refractivity contribution is -0.207. The Bertz CT molecular complexity index is 691. The Morgan fingerprint density at radius 2 is 2.23 bits per heavy atom. The van der Waals surface area contributed by atoms with E-state index in [1.165, 1.54) is 23.4 Å². The molecule has 2 aromatic rings. The van der Waals surface area contributed by atoms with Crippen LogP contribution in [0.1, 0.15) is 45.8 Å². The van der Waals surface area contributed by atoms with Crippen molar-refractivity contribution < 1.29 is 22.7 Å². The van der Waals surface area contributed by atoms with Gasteiger partial charge in [-0.2, -0.15) is 18.3 Å². The van der Waals surface area contributed by atoms with Crippen LogP contribution >= 0.6 is 11.3 Å². The van der Waals surface area contributed by atoms with Crippen LogP contribution in [0.25, 0.3) is 0 Å². The molecule has 0 saturated heterocycles. The first-order chi connectivity index (χ1) is 10.4. The van der Waals surface area contributed by atoms with Gasteiger partial charge in [-0.25, -0.2) is 9.78 Å². The third-order valence-corrected chi connectivity index (χ3v) is 4.12. The molecule has 0 aromatic carbocycles. The van der Waals surface area contributed by atoms with Gasteiger partial charge in [0.2, 0.25) is 6.10 Å². The highest BCUT2D eigenvalue weighted by Crippen LogP contribution is 2.43.